The molecule has 0 aliphatic heterocycles. The van der Waals surface area contributed by atoms with Crippen LogP contribution in [0.4, 0.5) is 0 Å². The van der Waals surface area contributed by atoms with Crippen LogP contribution in [0.3, 0.4) is 0 Å². The fourth-order valence-corrected chi connectivity index (χ4v) is 2.61. The predicted octanol–water partition coefficient (Wildman–Crippen LogP) is 2.98. The molecule has 0 radical (unpaired) electrons. The quantitative estimate of drug-likeness (QED) is 0.827. The van der Waals surface area contributed by atoms with E-state index in [1.54, 1.807) is 6.26 Å². The van der Waals surface area contributed by atoms with E-state index in [-0.39, 0.29) is 0 Å². The lowest BCUT2D eigenvalue weighted by Crippen LogP contribution is -2.36. The Morgan fingerprint density at radius 1 is 1.47 bits per heavy atom. The first-order chi connectivity index (χ1) is 7.24. The first kappa shape index (κ1) is 10.7. The summed E-state index contributed by atoms with van der Waals surface area (Å²) >= 11 is 0. The molecule has 2 heteroatoms. The maximum Gasteiger partial charge on any atom is 0.104 e. The van der Waals surface area contributed by atoms with Gasteiger partial charge in [0, 0.05) is 6.42 Å². The van der Waals surface area contributed by atoms with Crippen molar-refractivity contribution < 1.29 is 4.42 Å². The predicted molar refractivity (Wildman–Crippen MR) is 61.5 cm³/mol. The second-order valence-electron chi connectivity index (χ2n) is 5.14. The zero-order chi connectivity index (χ0) is 10.7. The van der Waals surface area contributed by atoms with Gasteiger partial charge in [-0.2, -0.15) is 0 Å². The topological polar surface area (TPSA) is 39.2 Å². The van der Waals surface area contributed by atoms with Gasteiger partial charge in [0.1, 0.15) is 5.76 Å². The van der Waals surface area contributed by atoms with Gasteiger partial charge in [0.2, 0.25) is 0 Å². The largest absolute Gasteiger partial charge is 0.469 e. The second kappa shape index (κ2) is 4.40. The summed E-state index contributed by atoms with van der Waals surface area (Å²) in [6, 6.07) is 4.03. The minimum absolute atomic E-state index is 0.310. The van der Waals surface area contributed by atoms with Gasteiger partial charge in [0.05, 0.1) is 6.26 Å². The molecule has 2 N–H and O–H groups in total. The Balaban J connectivity index is 2.02. The Morgan fingerprint density at radius 2 is 2.20 bits per heavy atom. The molecule has 0 aromatic carbocycles. The van der Waals surface area contributed by atoms with Gasteiger partial charge in [-0.1, -0.05) is 19.8 Å². The minimum atomic E-state index is 0.310. The molecule has 1 heterocycles. The Hall–Kier alpha value is -0.760. The third-order valence-corrected chi connectivity index (χ3v) is 3.90. The number of nitrogens with two attached hydrogens (primary N) is 1. The highest BCUT2D eigenvalue weighted by Crippen LogP contribution is 2.40. The van der Waals surface area contributed by atoms with Crippen LogP contribution in [0, 0.1) is 11.3 Å². The van der Waals surface area contributed by atoms with Crippen LogP contribution >= 0.6 is 0 Å². The van der Waals surface area contributed by atoms with E-state index in [1.165, 1.54) is 25.7 Å². The number of hydrogen-bond donors (Lipinski definition) is 1. The van der Waals surface area contributed by atoms with Crippen molar-refractivity contribution in [1.29, 1.82) is 0 Å². The van der Waals surface area contributed by atoms with Gasteiger partial charge >= 0.3 is 0 Å². The lowest BCUT2D eigenvalue weighted by molar-refractivity contribution is 0.154. The first-order valence-corrected chi connectivity index (χ1v) is 5.97. The van der Waals surface area contributed by atoms with Crippen LogP contribution in [0.15, 0.2) is 22.8 Å². The third-order valence-electron chi connectivity index (χ3n) is 3.90. The third kappa shape index (κ3) is 2.43. The van der Waals surface area contributed by atoms with Crippen molar-refractivity contribution in [3.8, 4) is 0 Å². The zero-order valence-corrected chi connectivity index (χ0v) is 9.54. The summed E-state index contributed by atoms with van der Waals surface area (Å²) in [5, 5.41) is 0. The van der Waals surface area contributed by atoms with Crippen molar-refractivity contribution in [3.05, 3.63) is 24.2 Å². The van der Waals surface area contributed by atoms with Crippen LogP contribution in [0.5, 0.6) is 0 Å². The van der Waals surface area contributed by atoms with Gasteiger partial charge in [0.15, 0.2) is 0 Å². The summed E-state index contributed by atoms with van der Waals surface area (Å²) in [6.07, 6.45) is 7.92. The van der Waals surface area contributed by atoms with Crippen molar-refractivity contribution >= 4 is 0 Å². The maximum absolute atomic E-state index is 5.96. The van der Waals surface area contributed by atoms with E-state index in [0.717, 1.165) is 24.6 Å². The van der Waals surface area contributed by atoms with Gasteiger partial charge in [-0.25, -0.2) is 0 Å². The molecule has 0 unspecified atom stereocenters. The van der Waals surface area contributed by atoms with Crippen LogP contribution < -0.4 is 5.73 Å². The first-order valence-electron chi connectivity index (χ1n) is 5.97. The molecule has 0 atom stereocenters. The summed E-state index contributed by atoms with van der Waals surface area (Å²) in [6.45, 7) is 3.13. The lowest BCUT2D eigenvalue weighted by Gasteiger charge is -2.38. The highest BCUT2D eigenvalue weighted by atomic mass is 16.3. The van der Waals surface area contributed by atoms with E-state index >= 15 is 0 Å². The number of hydrogen-bond acceptors (Lipinski definition) is 2. The molecular weight excluding hydrogens is 186 g/mol. The molecule has 0 bridgehead atoms. The molecule has 1 aliphatic carbocycles. The van der Waals surface area contributed by atoms with Crippen molar-refractivity contribution in [3.63, 3.8) is 0 Å². The fraction of sp³-hybridized carbons (Fsp3) is 0.692. The summed E-state index contributed by atoms with van der Waals surface area (Å²) < 4.78 is 5.43. The molecule has 0 spiro atoms. The minimum Gasteiger partial charge on any atom is -0.469 e. The fourth-order valence-electron chi connectivity index (χ4n) is 2.61. The molecule has 2 nitrogen and oxygen atoms in total. The monoisotopic (exact) mass is 207 g/mol. The average molecular weight is 207 g/mol. The second-order valence-corrected chi connectivity index (χ2v) is 5.14. The standard InChI is InChI=1S/C13H21NO/c1-11-4-6-13(10-14,7-5-11)9-12-3-2-8-15-12/h2-3,8,11H,4-7,9-10,14H2,1H3. The van der Waals surface area contributed by atoms with E-state index in [9.17, 15) is 0 Å². The molecule has 1 aliphatic rings. The Bertz CT molecular complexity index is 283. The molecule has 0 saturated heterocycles. The highest BCUT2D eigenvalue weighted by Gasteiger charge is 2.33. The SMILES string of the molecule is CC1CCC(CN)(Cc2ccco2)CC1. The molecule has 0 amide bonds. The van der Waals surface area contributed by atoms with Crippen LogP contribution in [0.25, 0.3) is 0 Å². The number of furan rings is 1. The van der Waals surface area contributed by atoms with Crippen LogP contribution in [-0.2, 0) is 6.42 Å². The molecule has 15 heavy (non-hydrogen) atoms. The summed E-state index contributed by atoms with van der Waals surface area (Å²) in [5.41, 5.74) is 6.27. The van der Waals surface area contributed by atoms with E-state index in [2.05, 4.69) is 13.0 Å². The van der Waals surface area contributed by atoms with Crippen molar-refractivity contribution in [2.24, 2.45) is 17.1 Å². The Morgan fingerprint density at radius 3 is 2.73 bits per heavy atom. The van der Waals surface area contributed by atoms with Gasteiger partial charge in [-0.15, -0.1) is 0 Å². The summed E-state index contributed by atoms with van der Waals surface area (Å²) in [4.78, 5) is 0. The van der Waals surface area contributed by atoms with Gasteiger partial charge in [0.25, 0.3) is 0 Å². The van der Waals surface area contributed by atoms with Crippen LogP contribution in [-0.4, -0.2) is 6.54 Å². The Kier molecular flexibility index (Phi) is 3.15. The van der Waals surface area contributed by atoms with Crippen molar-refractivity contribution in [2.45, 2.75) is 39.0 Å². The van der Waals surface area contributed by atoms with Crippen LogP contribution in [0.2, 0.25) is 0 Å². The molecular formula is C13H21NO. The van der Waals surface area contributed by atoms with Gasteiger partial charge in [-0.05, 0) is 42.9 Å². The smallest absolute Gasteiger partial charge is 0.104 e. The van der Waals surface area contributed by atoms with E-state index < -0.39 is 0 Å². The normalized spacial score (nSPS) is 31.7. The van der Waals surface area contributed by atoms with Crippen LogP contribution in [0.1, 0.15) is 38.4 Å². The van der Waals surface area contributed by atoms with Crippen molar-refractivity contribution in [2.75, 3.05) is 6.54 Å². The number of rotatable bonds is 3. The molecule has 1 aromatic heterocycles. The molecule has 2 rings (SSSR count). The van der Waals surface area contributed by atoms with E-state index in [4.69, 9.17) is 10.2 Å². The molecule has 84 valence electrons. The average Bonchev–Trinajstić information content (AvgIpc) is 2.75. The zero-order valence-electron chi connectivity index (χ0n) is 9.54. The van der Waals surface area contributed by atoms with Gasteiger partial charge < -0.3 is 10.2 Å². The lowest BCUT2D eigenvalue weighted by atomic mass is 9.68. The maximum atomic E-state index is 5.96. The summed E-state index contributed by atoms with van der Waals surface area (Å²) in [5.74, 6) is 1.97. The van der Waals surface area contributed by atoms with E-state index in [0.29, 0.717) is 5.41 Å². The van der Waals surface area contributed by atoms with Crippen molar-refractivity contribution in [1.82, 2.24) is 0 Å². The van der Waals surface area contributed by atoms with E-state index in [1.807, 2.05) is 6.07 Å². The highest BCUT2D eigenvalue weighted by molar-refractivity contribution is 5.03. The van der Waals surface area contributed by atoms with Gasteiger partial charge in [-0.3, -0.25) is 0 Å². The molecule has 1 aromatic rings. The molecule has 1 saturated carbocycles. The molecule has 1 fully saturated rings. The summed E-state index contributed by atoms with van der Waals surface area (Å²) in [7, 11) is 0. The Labute approximate surface area is 91.8 Å².